The molecule has 0 bridgehead atoms. The molecule has 0 spiro atoms. The van der Waals surface area contributed by atoms with E-state index < -0.39 is 0 Å². The summed E-state index contributed by atoms with van der Waals surface area (Å²) in [4.78, 5) is 17.2. The number of hydrogen-bond acceptors (Lipinski definition) is 5. The van der Waals surface area contributed by atoms with Gasteiger partial charge in [0.2, 0.25) is 0 Å². The minimum atomic E-state index is -0.199. The molecule has 1 saturated heterocycles. The van der Waals surface area contributed by atoms with E-state index >= 15 is 0 Å². The Balaban J connectivity index is 1.25. The molecule has 0 saturated carbocycles. The fourth-order valence-corrected chi connectivity index (χ4v) is 4.69. The van der Waals surface area contributed by atoms with Gasteiger partial charge in [-0.3, -0.25) is 9.69 Å². The quantitative estimate of drug-likeness (QED) is 0.475. The molecule has 1 fully saturated rings. The SMILES string of the molecule is Cc1c(C(=O)NCCN2CCN(c3cccc(Cl)c3Cl)CC2)nnn1Cc1ccccc1Br. The van der Waals surface area contributed by atoms with Crippen LogP contribution in [0.15, 0.2) is 46.9 Å². The lowest BCUT2D eigenvalue weighted by Crippen LogP contribution is -2.48. The molecule has 2 heterocycles. The predicted molar refractivity (Wildman–Crippen MR) is 135 cm³/mol. The standard InChI is InChI=1S/C23H25BrCl2N6O/c1-16-22(28-29-32(16)15-17-5-2-3-6-18(17)24)23(33)27-9-10-30-11-13-31(14-12-30)20-8-4-7-19(25)21(20)26/h2-8H,9-15H2,1H3,(H,27,33). The second kappa shape index (κ2) is 10.9. The number of nitrogens with one attached hydrogen (secondary N) is 1. The Hall–Kier alpha value is -2.13. The molecule has 33 heavy (non-hydrogen) atoms. The highest BCUT2D eigenvalue weighted by molar-refractivity contribution is 9.10. The lowest BCUT2D eigenvalue weighted by Gasteiger charge is -2.36. The number of carbonyl (C=O) groups excluding carboxylic acids is 1. The largest absolute Gasteiger partial charge is 0.368 e. The van der Waals surface area contributed by atoms with Crippen LogP contribution in [0.25, 0.3) is 0 Å². The molecule has 174 valence electrons. The van der Waals surface area contributed by atoms with Crippen LogP contribution in [0, 0.1) is 6.92 Å². The van der Waals surface area contributed by atoms with Gasteiger partial charge in [-0.05, 0) is 30.7 Å². The van der Waals surface area contributed by atoms with Crippen LogP contribution in [0.5, 0.6) is 0 Å². The third-order valence-corrected chi connectivity index (χ3v) is 7.42. The molecule has 1 aliphatic rings. The molecule has 1 amide bonds. The molecule has 4 rings (SSSR count). The number of rotatable bonds is 7. The van der Waals surface area contributed by atoms with Gasteiger partial charge < -0.3 is 10.2 Å². The molecule has 7 nitrogen and oxygen atoms in total. The molecule has 1 aliphatic heterocycles. The van der Waals surface area contributed by atoms with Crippen molar-refractivity contribution < 1.29 is 4.79 Å². The van der Waals surface area contributed by atoms with E-state index in [0.29, 0.717) is 28.8 Å². The minimum absolute atomic E-state index is 0.199. The molecule has 1 aromatic heterocycles. The molecule has 10 heteroatoms. The van der Waals surface area contributed by atoms with E-state index in [1.165, 1.54) is 0 Å². The van der Waals surface area contributed by atoms with Gasteiger partial charge in [-0.2, -0.15) is 0 Å². The molecular formula is C23H25BrCl2N6O. The maximum atomic E-state index is 12.7. The van der Waals surface area contributed by atoms with Crippen LogP contribution in [0.4, 0.5) is 5.69 Å². The Morgan fingerprint density at radius 3 is 2.61 bits per heavy atom. The van der Waals surface area contributed by atoms with E-state index in [9.17, 15) is 4.79 Å². The number of carbonyl (C=O) groups is 1. The Kier molecular flexibility index (Phi) is 7.90. The Labute approximate surface area is 211 Å². The number of anilines is 1. The van der Waals surface area contributed by atoms with Gasteiger partial charge in [0.1, 0.15) is 0 Å². The summed E-state index contributed by atoms with van der Waals surface area (Å²) >= 11 is 16.1. The van der Waals surface area contributed by atoms with Crippen molar-refractivity contribution in [2.45, 2.75) is 13.5 Å². The van der Waals surface area contributed by atoms with Crippen molar-refractivity contribution in [3.63, 3.8) is 0 Å². The normalized spacial score (nSPS) is 14.5. The Morgan fingerprint density at radius 2 is 1.85 bits per heavy atom. The van der Waals surface area contributed by atoms with Crippen molar-refractivity contribution in [1.82, 2.24) is 25.2 Å². The van der Waals surface area contributed by atoms with E-state index in [4.69, 9.17) is 23.2 Å². The smallest absolute Gasteiger partial charge is 0.273 e. The number of piperazine rings is 1. The molecule has 0 aliphatic carbocycles. The topological polar surface area (TPSA) is 66.3 Å². The zero-order valence-corrected chi connectivity index (χ0v) is 21.4. The highest BCUT2D eigenvalue weighted by Gasteiger charge is 2.21. The minimum Gasteiger partial charge on any atom is -0.368 e. The maximum Gasteiger partial charge on any atom is 0.273 e. The molecular weight excluding hydrogens is 527 g/mol. The van der Waals surface area contributed by atoms with E-state index in [1.54, 1.807) is 10.7 Å². The summed E-state index contributed by atoms with van der Waals surface area (Å²) in [5.74, 6) is -0.199. The fraction of sp³-hybridized carbons (Fsp3) is 0.348. The predicted octanol–water partition coefficient (Wildman–Crippen LogP) is 4.26. The zero-order chi connectivity index (χ0) is 23.4. The third kappa shape index (κ3) is 5.69. The zero-order valence-electron chi connectivity index (χ0n) is 18.3. The van der Waals surface area contributed by atoms with E-state index in [-0.39, 0.29) is 5.91 Å². The van der Waals surface area contributed by atoms with Crippen molar-refractivity contribution in [3.05, 3.63) is 73.9 Å². The monoisotopic (exact) mass is 550 g/mol. The molecule has 1 N–H and O–H groups in total. The Bertz CT molecular complexity index is 1130. The van der Waals surface area contributed by atoms with Crippen molar-refractivity contribution in [2.24, 2.45) is 0 Å². The third-order valence-electron chi connectivity index (χ3n) is 5.83. The van der Waals surface area contributed by atoms with Crippen molar-refractivity contribution >= 4 is 50.7 Å². The summed E-state index contributed by atoms with van der Waals surface area (Å²) in [5.41, 5.74) is 3.16. The van der Waals surface area contributed by atoms with Crippen LogP contribution in [-0.2, 0) is 6.54 Å². The molecule has 0 radical (unpaired) electrons. The van der Waals surface area contributed by atoms with Gasteiger partial charge in [-0.15, -0.1) is 5.10 Å². The fourth-order valence-electron chi connectivity index (χ4n) is 3.87. The summed E-state index contributed by atoms with van der Waals surface area (Å²) in [6.45, 7) is 7.23. The van der Waals surface area contributed by atoms with Crippen molar-refractivity contribution in [2.75, 3.05) is 44.2 Å². The average Bonchev–Trinajstić information content (AvgIpc) is 3.18. The van der Waals surface area contributed by atoms with Gasteiger partial charge >= 0.3 is 0 Å². The number of nitrogens with zero attached hydrogens (tertiary/aromatic N) is 5. The van der Waals surface area contributed by atoms with Crippen LogP contribution in [-0.4, -0.2) is 65.1 Å². The summed E-state index contributed by atoms with van der Waals surface area (Å²) in [7, 11) is 0. The number of hydrogen-bond donors (Lipinski definition) is 1. The first-order chi connectivity index (χ1) is 15.9. The lowest BCUT2D eigenvalue weighted by atomic mass is 10.2. The average molecular weight is 552 g/mol. The van der Waals surface area contributed by atoms with Crippen LogP contribution in [0.1, 0.15) is 21.7 Å². The molecule has 0 atom stereocenters. The first-order valence-electron chi connectivity index (χ1n) is 10.8. The van der Waals surface area contributed by atoms with Gasteiger partial charge in [0, 0.05) is 43.7 Å². The maximum absolute atomic E-state index is 12.7. The molecule has 3 aromatic rings. The first-order valence-corrected chi connectivity index (χ1v) is 12.3. The second-order valence-electron chi connectivity index (χ2n) is 7.93. The highest BCUT2D eigenvalue weighted by atomic mass is 79.9. The van der Waals surface area contributed by atoms with Crippen molar-refractivity contribution in [1.29, 1.82) is 0 Å². The molecule has 0 unspecified atom stereocenters. The van der Waals surface area contributed by atoms with Crippen LogP contribution in [0.3, 0.4) is 0 Å². The molecule has 2 aromatic carbocycles. The van der Waals surface area contributed by atoms with Gasteiger partial charge in [-0.25, -0.2) is 4.68 Å². The van der Waals surface area contributed by atoms with E-state index in [2.05, 4.69) is 41.4 Å². The van der Waals surface area contributed by atoms with Crippen LogP contribution < -0.4 is 10.2 Å². The van der Waals surface area contributed by atoms with Crippen LogP contribution >= 0.6 is 39.1 Å². The Morgan fingerprint density at radius 1 is 1.09 bits per heavy atom. The highest BCUT2D eigenvalue weighted by Crippen LogP contribution is 2.32. The van der Waals surface area contributed by atoms with Gasteiger partial charge in [0.05, 0.1) is 28.0 Å². The van der Waals surface area contributed by atoms with E-state index in [0.717, 1.165) is 54.1 Å². The number of benzene rings is 2. The summed E-state index contributed by atoms with van der Waals surface area (Å²) in [6, 6.07) is 13.7. The van der Waals surface area contributed by atoms with Gasteiger partial charge in [-0.1, -0.05) is 68.6 Å². The first kappa shape index (κ1) is 24.0. The number of amides is 1. The summed E-state index contributed by atoms with van der Waals surface area (Å²) in [5, 5.41) is 12.4. The number of aromatic nitrogens is 3. The number of halogens is 3. The van der Waals surface area contributed by atoms with Crippen LogP contribution in [0.2, 0.25) is 10.0 Å². The van der Waals surface area contributed by atoms with Gasteiger partial charge in [0.15, 0.2) is 5.69 Å². The summed E-state index contributed by atoms with van der Waals surface area (Å²) in [6.07, 6.45) is 0. The lowest BCUT2D eigenvalue weighted by molar-refractivity contribution is 0.0942. The second-order valence-corrected chi connectivity index (χ2v) is 9.57. The van der Waals surface area contributed by atoms with E-state index in [1.807, 2.05) is 43.3 Å². The summed E-state index contributed by atoms with van der Waals surface area (Å²) < 4.78 is 2.75. The van der Waals surface area contributed by atoms with Crippen molar-refractivity contribution in [3.8, 4) is 0 Å². The van der Waals surface area contributed by atoms with Gasteiger partial charge in [0.25, 0.3) is 5.91 Å².